The van der Waals surface area contributed by atoms with Crippen molar-refractivity contribution in [2.45, 2.75) is 12.5 Å². The molecule has 1 aromatic heterocycles. The predicted octanol–water partition coefficient (Wildman–Crippen LogP) is -0.0668. The fourth-order valence-corrected chi connectivity index (χ4v) is 1.81. The van der Waals surface area contributed by atoms with Crippen molar-refractivity contribution in [1.82, 2.24) is 15.2 Å². The highest BCUT2D eigenvalue weighted by atomic mass is 16.4. The van der Waals surface area contributed by atoms with Crippen molar-refractivity contribution in [1.29, 1.82) is 0 Å². The van der Waals surface area contributed by atoms with Gasteiger partial charge in [-0.1, -0.05) is 6.07 Å². The van der Waals surface area contributed by atoms with Crippen LogP contribution in [0.3, 0.4) is 0 Å². The SMILES string of the molecule is CC1(c2ccccn2)NC(=O)N(CC(=O)O)C1=O. The number of hydrogen-bond donors (Lipinski definition) is 2. The maximum Gasteiger partial charge on any atom is 0.325 e. The van der Waals surface area contributed by atoms with Crippen molar-refractivity contribution in [3.63, 3.8) is 0 Å². The van der Waals surface area contributed by atoms with E-state index >= 15 is 0 Å². The van der Waals surface area contributed by atoms with Crippen molar-refractivity contribution >= 4 is 17.9 Å². The van der Waals surface area contributed by atoms with Gasteiger partial charge in [-0.25, -0.2) is 4.79 Å². The minimum atomic E-state index is -1.31. The molecular weight excluding hydrogens is 238 g/mol. The van der Waals surface area contributed by atoms with Gasteiger partial charge in [0.05, 0.1) is 5.69 Å². The molecule has 1 unspecified atom stereocenters. The highest BCUT2D eigenvalue weighted by molar-refractivity contribution is 6.08. The largest absolute Gasteiger partial charge is 0.480 e. The van der Waals surface area contributed by atoms with E-state index in [-0.39, 0.29) is 0 Å². The van der Waals surface area contributed by atoms with Crippen LogP contribution in [0.4, 0.5) is 4.79 Å². The van der Waals surface area contributed by atoms with Crippen LogP contribution >= 0.6 is 0 Å². The first-order valence-corrected chi connectivity index (χ1v) is 5.22. The van der Waals surface area contributed by atoms with Crippen LogP contribution < -0.4 is 5.32 Å². The van der Waals surface area contributed by atoms with E-state index in [1.165, 1.54) is 13.1 Å². The lowest BCUT2D eigenvalue weighted by molar-refractivity contribution is -0.142. The van der Waals surface area contributed by atoms with Crippen LogP contribution in [-0.2, 0) is 15.1 Å². The Kier molecular flexibility index (Phi) is 2.74. The zero-order valence-electron chi connectivity index (χ0n) is 9.58. The van der Waals surface area contributed by atoms with Crippen LogP contribution in [0.5, 0.6) is 0 Å². The summed E-state index contributed by atoms with van der Waals surface area (Å²) < 4.78 is 0. The average molecular weight is 249 g/mol. The fraction of sp³-hybridized carbons (Fsp3) is 0.273. The fourth-order valence-electron chi connectivity index (χ4n) is 1.81. The van der Waals surface area contributed by atoms with E-state index in [0.29, 0.717) is 10.6 Å². The number of urea groups is 1. The number of aromatic nitrogens is 1. The molecule has 1 atom stereocenters. The molecule has 18 heavy (non-hydrogen) atoms. The summed E-state index contributed by atoms with van der Waals surface area (Å²) in [6.45, 7) is 0.838. The molecule has 0 aromatic carbocycles. The predicted molar refractivity (Wildman–Crippen MR) is 59.5 cm³/mol. The lowest BCUT2D eigenvalue weighted by Gasteiger charge is -2.20. The number of hydrogen-bond acceptors (Lipinski definition) is 4. The molecule has 2 rings (SSSR count). The zero-order chi connectivity index (χ0) is 13.3. The molecule has 1 aliphatic heterocycles. The highest BCUT2D eigenvalue weighted by Gasteiger charge is 2.50. The summed E-state index contributed by atoms with van der Waals surface area (Å²) in [5.74, 6) is -1.86. The van der Waals surface area contributed by atoms with Gasteiger partial charge in [-0.2, -0.15) is 0 Å². The molecule has 3 amide bonds. The Morgan fingerprint density at radius 3 is 2.78 bits per heavy atom. The van der Waals surface area contributed by atoms with Crippen LogP contribution in [0.25, 0.3) is 0 Å². The lowest BCUT2D eigenvalue weighted by Crippen LogP contribution is -2.42. The van der Waals surface area contributed by atoms with Crippen LogP contribution in [0.1, 0.15) is 12.6 Å². The van der Waals surface area contributed by atoms with Gasteiger partial charge in [-0.3, -0.25) is 19.5 Å². The monoisotopic (exact) mass is 249 g/mol. The quantitative estimate of drug-likeness (QED) is 0.730. The number of carbonyl (C=O) groups is 3. The van der Waals surface area contributed by atoms with Crippen molar-refractivity contribution < 1.29 is 19.5 Å². The smallest absolute Gasteiger partial charge is 0.325 e. The van der Waals surface area contributed by atoms with Gasteiger partial charge in [-0.05, 0) is 19.1 Å². The molecule has 0 radical (unpaired) electrons. The minimum Gasteiger partial charge on any atom is -0.480 e. The number of carboxylic acid groups (broad SMARTS) is 1. The third-order valence-corrected chi connectivity index (χ3v) is 2.75. The Bertz CT molecular complexity index is 516. The number of pyridine rings is 1. The first kappa shape index (κ1) is 12.0. The molecule has 2 heterocycles. The van der Waals surface area contributed by atoms with Gasteiger partial charge in [0.2, 0.25) is 0 Å². The molecule has 1 saturated heterocycles. The number of rotatable bonds is 3. The summed E-state index contributed by atoms with van der Waals surface area (Å²) in [5.41, 5.74) is -0.940. The number of imide groups is 1. The van der Waals surface area contributed by atoms with Crippen molar-refractivity contribution in [2.24, 2.45) is 0 Å². The standard InChI is InChI=1S/C11H11N3O4/c1-11(7-4-2-3-5-12-7)9(17)14(6-8(15)16)10(18)13-11/h2-5H,6H2,1H3,(H,13,18)(H,15,16). The van der Waals surface area contributed by atoms with Crippen LogP contribution in [-0.4, -0.2) is 39.4 Å². The van der Waals surface area contributed by atoms with E-state index in [1.807, 2.05) is 0 Å². The zero-order valence-corrected chi connectivity index (χ0v) is 9.58. The lowest BCUT2D eigenvalue weighted by atomic mass is 9.97. The Labute approximate surface area is 102 Å². The third-order valence-electron chi connectivity index (χ3n) is 2.75. The Morgan fingerprint density at radius 1 is 1.50 bits per heavy atom. The van der Waals surface area contributed by atoms with E-state index in [2.05, 4.69) is 10.3 Å². The van der Waals surface area contributed by atoms with E-state index in [0.717, 1.165) is 0 Å². The second-order valence-corrected chi connectivity index (χ2v) is 4.06. The summed E-state index contributed by atoms with van der Waals surface area (Å²) in [6.07, 6.45) is 1.50. The number of amides is 3. The number of aliphatic carboxylic acids is 1. The normalized spacial score (nSPS) is 23.1. The summed E-state index contributed by atoms with van der Waals surface area (Å²) in [5, 5.41) is 11.1. The van der Waals surface area contributed by atoms with Gasteiger partial charge in [0, 0.05) is 6.20 Å². The first-order valence-electron chi connectivity index (χ1n) is 5.22. The second kappa shape index (κ2) is 4.10. The van der Waals surface area contributed by atoms with E-state index in [9.17, 15) is 14.4 Å². The van der Waals surface area contributed by atoms with Crippen LogP contribution in [0.2, 0.25) is 0 Å². The van der Waals surface area contributed by atoms with Crippen molar-refractivity contribution in [2.75, 3.05) is 6.54 Å². The van der Waals surface area contributed by atoms with E-state index in [4.69, 9.17) is 5.11 Å². The number of carbonyl (C=O) groups excluding carboxylic acids is 2. The molecule has 1 fully saturated rings. The Morgan fingerprint density at radius 2 is 2.22 bits per heavy atom. The van der Waals surface area contributed by atoms with Crippen LogP contribution in [0, 0.1) is 0 Å². The summed E-state index contributed by atoms with van der Waals surface area (Å²) in [4.78, 5) is 39.0. The van der Waals surface area contributed by atoms with Crippen molar-refractivity contribution in [3.05, 3.63) is 30.1 Å². The summed E-state index contributed by atoms with van der Waals surface area (Å²) >= 11 is 0. The summed E-state index contributed by atoms with van der Waals surface area (Å²) in [6, 6.07) is 4.24. The maximum absolute atomic E-state index is 12.1. The average Bonchev–Trinajstić information content (AvgIpc) is 2.55. The number of nitrogens with one attached hydrogen (secondary N) is 1. The molecule has 0 saturated carbocycles. The van der Waals surface area contributed by atoms with Gasteiger partial charge in [0.25, 0.3) is 5.91 Å². The maximum atomic E-state index is 12.1. The van der Waals surface area contributed by atoms with E-state index < -0.39 is 30.0 Å². The molecule has 94 valence electrons. The topological polar surface area (TPSA) is 99.6 Å². The van der Waals surface area contributed by atoms with Gasteiger partial charge in [-0.15, -0.1) is 0 Å². The molecule has 0 aliphatic carbocycles. The third kappa shape index (κ3) is 1.79. The number of carboxylic acids is 1. The number of nitrogens with zero attached hydrogens (tertiary/aromatic N) is 2. The molecular formula is C11H11N3O4. The van der Waals surface area contributed by atoms with Gasteiger partial charge in [0.1, 0.15) is 6.54 Å². The minimum absolute atomic E-state index is 0.372. The van der Waals surface area contributed by atoms with E-state index in [1.54, 1.807) is 18.2 Å². The second-order valence-electron chi connectivity index (χ2n) is 4.06. The summed E-state index contributed by atoms with van der Waals surface area (Å²) in [7, 11) is 0. The Balaban J connectivity index is 2.35. The van der Waals surface area contributed by atoms with Gasteiger partial charge < -0.3 is 10.4 Å². The first-order chi connectivity index (χ1) is 8.45. The van der Waals surface area contributed by atoms with Crippen molar-refractivity contribution in [3.8, 4) is 0 Å². The molecule has 0 bridgehead atoms. The van der Waals surface area contributed by atoms with Gasteiger partial charge in [0.15, 0.2) is 5.54 Å². The molecule has 1 aromatic rings. The highest BCUT2D eigenvalue weighted by Crippen LogP contribution is 2.26. The Hall–Kier alpha value is -2.44. The molecule has 7 nitrogen and oxygen atoms in total. The molecule has 0 spiro atoms. The van der Waals surface area contributed by atoms with Gasteiger partial charge >= 0.3 is 12.0 Å². The molecule has 7 heteroatoms. The molecule has 2 N–H and O–H groups in total. The molecule has 1 aliphatic rings. The van der Waals surface area contributed by atoms with Crippen LogP contribution in [0.15, 0.2) is 24.4 Å².